The second kappa shape index (κ2) is 14.7. The first-order valence-electron chi connectivity index (χ1n) is 11.1. The number of hydrogen-bond donors (Lipinski definition) is 9. The second-order valence-electron chi connectivity index (χ2n) is 8.20. The van der Waals surface area contributed by atoms with E-state index in [9.17, 15) is 38.7 Å². The van der Waals surface area contributed by atoms with E-state index in [2.05, 4.69) is 10.6 Å². The first-order valence-corrected chi connectivity index (χ1v) is 11.1. The van der Waals surface area contributed by atoms with Crippen molar-refractivity contribution in [2.45, 2.75) is 56.3 Å². The number of phenolic OH excluding ortho intramolecular Hbond substituents is 1. The first kappa shape index (κ1) is 31.3. The van der Waals surface area contributed by atoms with E-state index >= 15 is 0 Å². The zero-order valence-corrected chi connectivity index (χ0v) is 20.0. The molecule has 0 heterocycles. The summed E-state index contributed by atoms with van der Waals surface area (Å²) in [6.07, 6.45) is -2.67. The summed E-state index contributed by atoms with van der Waals surface area (Å²) in [4.78, 5) is 82.7. The Morgan fingerprint density at radius 3 is 1.76 bits per heavy atom. The largest absolute Gasteiger partial charge is 0.508 e. The second-order valence-corrected chi connectivity index (χ2v) is 8.20. The van der Waals surface area contributed by atoms with Gasteiger partial charge < -0.3 is 47.8 Å². The number of nitrogens with two attached hydrogens (primary N) is 2. The SMILES string of the molecule is NC(=O)CC(NC(=O)C(Cc1ccc(O)cc1)NC(=O)C(N)CCC(=O)O)C(=O)NC(CC(=O)O)C(=O)O. The molecule has 38 heavy (non-hydrogen) atoms. The first-order chi connectivity index (χ1) is 17.7. The molecule has 0 radical (unpaired) electrons. The van der Waals surface area contributed by atoms with E-state index in [-0.39, 0.29) is 18.6 Å². The summed E-state index contributed by atoms with van der Waals surface area (Å²) >= 11 is 0. The molecule has 16 heteroatoms. The molecule has 0 saturated carbocycles. The van der Waals surface area contributed by atoms with Crippen LogP contribution in [-0.2, 0) is 40.0 Å². The summed E-state index contributed by atoms with van der Waals surface area (Å²) in [6, 6.07) is -0.877. The number of phenols is 1. The van der Waals surface area contributed by atoms with E-state index in [1.54, 1.807) is 0 Å². The molecule has 4 atom stereocenters. The molecule has 1 rings (SSSR count). The van der Waals surface area contributed by atoms with Crippen LogP contribution in [0.5, 0.6) is 5.75 Å². The molecular formula is C22H29N5O11. The summed E-state index contributed by atoms with van der Waals surface area (Å²) in [5.41, 5.74) is 11.3. The van der Waals surface area contributed by atoms with Gasteiger partial charge in [-0.25, -0.2) is 4.79 Å². The van der Waals surface area contributed by atoms with Crippen molar-refractivity contribution < 1.29 is 54.0 Å². The highest BCUT2D eigenvalue weighted by Crippen LogP contribution is 2.12. The smallest absolute Gasteiger partial charge is 0.326 e. The van der Waals surface area contributed by atoms with E-state index < -0.39 is 85.0 Å². The Kier molecular flexibility index (Phi) is 12.1. The van der Waals surface area contributed by atoms with E-state index in [1.807, 2.05) is 5.32 Å². The fraction of sp³-hybridized carbons (Fsp3) is 0.409. The van der Waals surface area contributed by atoms with Gasteiger partial charge in [-0.3, -0.25) is 28.8 Å². The van der Waals surface area contributed by atoms with E-state index in [1.165, 1.54) is 24.3 Å². The minimum Gasteiger partial charge on any atom is -0.508 e. The quantitative estimate of drug-likeness (QED) is 0.102. The average molecular weight is 539 g/mol. The highest BCUT2D eigenvalue weighted by Gasteiger charge is 2.32. The third-order valence-electron chi connectivity index (χ3n) is 5.05. The zero-order valence-electron chi connectivity index (χ0n) is 20.0. The minimum atomic E-state index is -1.88. The molecular weight excluding hydrogens is 510 g/mol. The summed E-state index contributed by atoms with van der Waals surface area (Å²) in [5.74, 6) is -8.71. The van der Waals surface area contributed by atoms with Gasteiger partial charge in [0.2, 0.25) is 23.6 Å². The molecule has 0 bridgehead atoms. The molecule has 4 amide bonds. The molecule has 208 valence electrons. The van der Waals surface area contributed by atoms with Crippen molar-refractivity contribution in [1.29, 1.82) is 0 Å². The lowest BCUT2D eigenvalue weighted by atomic mass is 10.0. The maximum Gasteiger partial charge on any atom is 0.326 e. The number of hydrogen-bond acceptors (Lipinski definition) is 9. The monoisotopic (exact) mass is 539 g/mol. The number of nitrogens with one attached hydrogen (secondary N) is 3. The Bertz CT molecular complexity index is 1060. The molecule has 4 unspecified atom stereocenters. The Labute approximate surface area is 215 Å². The van der Waals surface area contributed by atoms with Gasteiger partial charge in [-0.05, 0) is 24.1 Å². The Hall–Kier alpha value is -4.73. The number of aliphatic carboxylic acids is 3. The lowest BCUT2D eigenvalue weighted by Crippen LogP contribution is -2.58. The molecule has 0 saturated heterocycles. The molecule has 0 aliphatic heterocycles. The molecule has 0 aliphatic rings. The van der Waals surface area contributed by atoms with Gasteiger partial charge >= 0.3 is 17.9 Å². The molecule has 0 fully saturated rings. The fourth-order valence-electron chi connectivity index (χ4n) is 3.10. The summed E-state index contributed by atoms with van der Waals surface area (Å²) in [6.45, 7) is 0. The Balaban J connectivity index is 3.15. The van der Waals surface area contributed by atoms with Crippen LogP contribution in [0.15, 0.2) is 24.3 Å². The van der Waals surface area contributed by atoms with Crippen molar-refractivity contribution in [3.05, 3.63) is 29.8 Å². The van der Waals surface area contributed by atoms with Crippen molar-refractivity contribution in [2.24, 2.45) is 11.5 Å². The van der Waals surface area contributed by atoms with Gasteiger partial charge in [-0.15, -0.1) is 0 Å². The summed E-state index contributed by atoms with van der Waals surface area (Å²) in [5, 5.41) is 42.7. The maximum atomic E-state index is 13.1. The van der Waals surface area contributed by atoms with Crippen LogP contribution in [0.2, 0.25) is 0 Å². The topological polar surface area (TPSA) is 289 Å². The lowest BCUT2D eigenvalue weighted by molar-refractivity contribution is -0.147. The van der Waals surface area contributed by atoms with Crippen LogP contribution in [0.4, 0.5) is 0 Å². The van der Waals surface area contributed by atoms with Crippen molar-refractivity contribution in [3.8, 4) is 5.75 Å². The molecule has 0 spiro atoms. The van der Waals surface area contributed by atoms with Gasteiger partial charge in [0.15, 0.2) is 0 Å². The molecule has 16 nitrogen and oxygen atoms in total. The molecule has 1 aromatic rings. The lowest BCUT2D eigenvalue weighted by Gasteiger charge is -2.24. The number of carboxylic acid groups (broad SMARTS) is 3. The average Bonchev–Trinajstić information content (AvgIpc) is 2.81. The van der Waals surface area contributed by atoms with Crippen LogP contribution in [0, 0.1) is 0 Å². The van der Waals surface area contributed by atoms with Crippen LogP contribution in [-0.4, -0.2) is 86.1 Å². The predicted molar refractivity (Wildman–Crippen MR) is 126 cm³/mol. The van der Waals surface area contributed by atoms with Gasteiger partial charge in [-0.2, -0.15) is 0 Å². The van der Waals surface area contributed by atoms with Crippen LogP contribution in [0.3, 0.4) is 0 Å². The number of primary amides is 1. The number of carbonyl (C=O) groups excluding carboxylic acids is 4. The van der Waals surface area contributed by atoms with Crippen molar-refractivity contribution in [3.63, 3.8) is 0 Å². The van der Waals surface area contributed by atoms with Gasteiger partial charge in [-0.1, -0.05) is 12.1 Å². The maximum absolute atomic E-state index is 13.1. The van der Waals surface area contributed by atoms with Crippen LogP contribution < -0.4 is 27.4 Å². The number of amides is 4. The number of benzene rings is 1. The number of aromatic hydroxyl groups is 1. The van der Waals surface area contributed by atoms with Gasteiger partial charge in [0.05, 0.1) is 18.9 Å². The van der Waals surface area contributed by atoms with Gasteiger partial charge in [0.1, 0.15) is 23.9 Å². The predicted octanol–water partition coefficient (Wildman–Crippen LogP) is -2.98. The molecule has 11 N–H and O–H groups in total. The molecule has 0 aromatic heterocycles. The minimum absolute atomic E-state index is 0.0815. The highest BCUT2D eigenvalue weighted by atomic mass is 16.4. The van der Waals surface area contributed by atoms with E-state index in [0.717, 1.165) is 0 Å². The number of carboxylic acids is 3. The standard InChI is InChI=1S/C22H29N5O11/c23-12(5-6-17(30)31)19(34)25-13(7-10-1-3-11(28)4-2-10)20(35)26-14(8-16(24)29)21(36)27-15(22(37)38)9-18(32)33/h1-4,12-15,28H,5-9,23H2,(H2,24,29)(H,25,34)(H,26,35)(H,27,36)(H,30,31)(H,32,33)(H,37,38). The zero-order chi connectivity index (χ0) is 29.0. The van der Waals surface area contributed by atoms with Gasteiger partial charge in [0, 0.05) is 12.8 Å². The molecule has 0 aliphatic carbocycles. The highest BCUT2D eigenvalue weighted by molar-refractivity contribution is 5.96. The molecule has 1 aromatic carbocycles. The van der Waals surface area contributed by atoms with E-state index in [0.29, 0.717) is 5.56 Å². The number of rotatable bonds is 16. The van der Waals surface area contributed by atoms with Crippen molar-refractivity contribution in [1.82, 2.24) is 16.0 Å². The summed E-state index contributed by atoms with van der Waals surface area (Å²) < 4.78 is 0. The van der Waals surface area contributed by atoms with Crippen molar-refractivity contribution >= 4 is 41.5 Å². The van der Waals surface area contributed by atoms with Gasteiger partial charge in [0.25, 0.3) is 0 Å². The Morgan fingerprint density at radius 2 is 1.26 bits per heavy atom. The van der Waals surface area contributed by atoms with Crippen LogP contribution in [0.25, 0.3) is 0 Å². The summed E-state index contributed by atoms with van der Waals surface area (Å²) in [7, 11) is 0. The fourth-order valence-corrected chi connectivity index (χ4v) is 3.10. The van der Waals surface area contributed by atoms with E-state index in [4.69, 9.17) is 26.8 Å². The van der Waals surface area contributed by atoms with Crippen LogP contribution >= 0.6 is 0 Å². The normalized spacial score (nSPS) is 13.7. The third kappa shape index (κ3) is 11.3. The third-order valence-corrected chi connectivity index (χ3v) is 5.05. The van der Waals surface area contributed by atoms with Crippen molar-refractivity contribution in [2.75, 3.05) is 0 Å². The Morgan fingerprint density at radius 1 is 0.737 bits per heavy atom. The van der Waals surface area contributed by atoms with Crippen LogP contribution in [0.1, 0.15) is 31.2 Å². The number of carbonyl (C=O) groups is 7.